The zero-order valence-electron chi connectivity index (χ0n) is 19.1. The van der Waals surface area contributed by atoms with Crippen LogP contribution in [0.25, 0.3) is 11.2 Å². The van der Waals surface area contributed by atoms with Gasteiger partial charge in [0.25, 0.3) is 0 Å². The number of alkyl halides is 1. The third kappa shape index (κ3) is 6.42. The number of nitrogens with two attached hydrogens (primary N) is 1. The minimum absolute atomic E-state index is 0.00665. The highest BCUT2D eigenvalue weighted by Crippen LogP contribution is 2.66. The second-order valence-corrected chi connectivity index (χ2v) is 11.4. The number of nitrogens with zero attached hydrogens (tertiary/aromatic N) is 3. The molecule has 0 aromatic carbocycles. The second-order valence-electron chi connectivity index (χ2n) is 6.69. The molecule has 6 atom stereocenters. The number of aliphatic hydroxyl groups excluding tert-OH is 1. The van der Waals surface area contributed by atoms with E-state index in [9.17, 15) is 38.1 Å². The Bertz CT molecular complexity index is 1510. The largest absolute Gasteiger partial charge is 0.490 e. The number of imidazole rings is 1. The predicted octanol–water partition coefficient (Wildman–Crippen LogP) is -0.623. The molecule has 0 amide bonds. The Labute approximate surface area is 207 Å². The van der Waals surface area contributed by atoms with Crippen LogP contribution in [0.15, 0.2) is 6.33 Å². The van der Waals surface area contributed by atoms with Gasteiger partial charge in [0, 0.05) is 0 Å². The highest BCUT2D eigenvalue weighted by molar-refractivity contribution is 7.71. The lowest BCUT2D eigenvalue weighted by atomic mass is 9.94. The number of aliphatic hydroxyl groups is 2. The third-order valence-electron chi connectivity index (χ3n) is 4.16. The Morgan fingerprint density at radius 3 is 2.61 bits per heavy atom. The molecule has 18 nitrogen and oxygen atoms in total. The summed E-state index contributed by atoms with van der Waals surface area (Å²) in [7, 11) is -17.9. The first kappa shape index (κ1) is 26.0. The lowest BCUT2D eigenvalue weighted by Gasteiger charge is -2.26. The van der Waals surface area contributed by atoms with E-state index in [0.717, 1.165) is 10.9 Å². The van der Waals surface area contributed by atoms with Crippen LogP contribution in [-0.2, 0) is 31.6 Å². The van der Waals surface area contributed by atoms with E-state index in [1.165, 1.54) is 0 Å². The zero-order valence-corrected chi connectivity index (χ0v) is 20.6. The van der Waals surface area contributed by atoms with E-state index in [1.54, 1.807) is 0 Å². The zero-order chi connectivity index (χ0) is 28.9. The van der Waals surface area contributed by atoms with Crippen molar-refractivity contribution >= 4 is 52.8 Å². The lowest BCUT2D eigenvalue weighted by molar-refractivity contribution is -0.0719. The smallest absolute Gasteiger partial charge is 0.386 e. The van der Waals surface area contributed by atoms with E-state index in [4.69, 9.17) is 35.2 Å². The molecule has 23 heteroatoms. The van der Waals surface area contributed by atoms with Gasteiger partial charge < -0.3 is 45.2 Å². The van der Waals surface area contributed by atoms with Crippen LogP contribution >= 0.6 is 35.7 Å². The van der Waals surface area contributed by atoms with Crippen LogP contribution in [-0.4, -0.2) is 80.3 Å². The van der Waals surface area contributed by atoms with E-state index in [1.807, 2.05) is 11.8 Å². The minimum Gasteiger partial charge on any atom is -0.386 e. The molecule has 1 aliphatic rings. The lowest BCUT2D eigenvalue weighted by Crippen LogP contribution is -2.46. The molecule has 3 unspecified atom stereocenters. The Morgan fingerprint density at radius 2 is 2.00 bits per heavy atom. The number of rotatable bonds is 8. The van der Waals surface area contributed by atoms with Gasteiger partial charge in [-0.05, 0) is 0 Å². The quantitative estimate of drug-likeness (QED) is 0.107. The molecule has 3 rings (SSSR count). The van der Waals surface area contributed by atoms with Crippen LogP contribution in [0.3, 0.4) is 0 Å². The fraction of sp³-hybridized carbons (Fsp3) is 0.462. The molecule has 2 aromatic rings. The SMILES string of the molecule is [2H]C([2H])(OP(=O)(O)OP(=O)(O)OP(=O)(O)O)[C@H]1O[C@@H](n2cnc3c(=S)nc(N)[nH]c32)C(O)(C#CCF)[C@H]1O. The van der Waals surface area contributed by atoms with Gasteiger partial charge in [0.15, 0.2) is 22.4 Å². The normalized spacial score (nSPS) is 29.0. The number of hydrogen-bond donors (Lipinski definition) is 8. The maximum Gasteiger partial charge on any atom is 0.490 e. The van der Waals surface area contributed by atoms with Crippen molar-refractivity contribution in [1.29, 1.82) is 0 Å². The van der Waals surface area contributed by atoms with Gasteiger partial charge in [-0.15, -0.1) is 0 Å². The van der Waals surface area contributed by atoms with Crippen molar-refractivity contribution in [2.45, 2.75) is 24.0 Å². The standard InChI is InChI=1S/C13H17FN5O13P3S/c14-3-1-2-13(21)8(20)6(4-29-34(25,26)32-35(27,28)31-33(22,23)24)30-11(13)19-5-16-7-9(19)17-12(15)18-10(7)36/h5-6,8,11,20-21H,3-4H2,(H,25,26)(H,27,28)(H2,22,23,24)(H3,15,17,18,36)/t6-,8+,11-,13?/m1/s1/i4D2. The fourth-order valence-corrected chi connectivity index (χ4v) is 6.04. The number of fused-ring (bicyclic) bond motifs is 1. The molecule has 1 aliphatic heterocycles. The summed E-state index contributed by atoms with van der Waals surface area (Å²) in [5.74, 6) is 3.56. The molecule has 3 heterocycles. The number of aromatic amines is 1. The highest BCUT2D eigenvalue weighted by atomic mass is 32.1. The molecule has 0 bridgehead atoms. The van der Waals surface area contributed by atoms with Crippen LogP contribution in [0.4, 0.5) is 10.3 Å². The molecule has 0 spiro atoms. The molecule has 0 aliphatic carbocycles. The number of aromatic nitrogens is 4. The van der Waals surface area contributed by atoms with Crippen LogP contribution in [0.5, 0.6) is 0 Å². The first-order valence-corrected chi connectivity index (χ1v) is 13.8. The Morgan fingerprint density at radius 1 is 1.33 bits per heavy atom. The minimum atomic E-state index is -6.08. The van der Waals surface area contributed by atoms with Gasteiger partial charge in [-0.2, -0.15) is 8.62 Å². The molecule has 1 saturated heterocycles. The number of ether oxygens (including phenoxy) is 1. The summed E-state index contributed by atoms with van der Waals surface area (Å²) in [4.78, 5) is 46.4. The summed E-state index contributed by atoms with van der Waals surface area (Å²) in [6, 6.07) is 0. The third-order valence-corrected chi connectivity index (χ3v) is 8.11. The number of hydrogen-bond acceptors (Lipinski definition) is 13. The Balaban J connectivity index is 2.01. The molecule has 1 fully saturated rings. The summed E-state index contributed by atoms with van der Waals surface area (Å²) in [5, 5.41) is 21.9. The van der Waals surface area contributed by atoms with Gasteiger partial charge in [-0.3, -0.25) is 9.09 Å². The molecule has 0 radical (unpaired) electrons. The second kappa shape index (κ2) is 10.3. The van der Waals surface area contributed by atoms with Crippen LogP contribution in [0, 0.1) is 16.5 Å². The number of nitrogen functional groups attached to an aromatic ring is 1. The molecule has 2 aromatic heterocycles. The molecule has 200 valence electrons. The number of halogens is 1. The Kier molecular flexibility index (Phi) is 7.40. The van der Waals surface area contributed by atoms with Crippen molar-refractivity contribution in [3.05, 3.63) is 11.0 Å². The van der Waals surface area contributed by atoms with Gasteiger partial charge in [0.2, 0.25) is 0 Å². The predicted molar refractivity (Wildman–Crippen MR) is 116 cm³/mol. The van der Waals surface area contributed by atoms with Gasteiger partial charge in [0.1, 0.15) is 30.0 Å². The molecule has 0 saturated carbocycles. The number of anilines is 1. The molecular weight excluding hydrogens is 578 g/mol. The van der Waals surface area contributed by atoms with Crippen molar-refractivity contribution in [3.63, 3.8) is 0 Å². The van der Waals surface area contributed by atoms with Crippen molar-refractivity contribution < 1.29 is 68.5 Å². The van der Waals surface area contributed by atoms with Gasteiger partial charge in [0.05, 0.1) is 15.6 Å². The molecule has 9 N–H and O–H groups in total. The van der Waals surface area contributed by atoms with Crippen molar-refractivity contribution in [3.8, 4) is 11.8 Å². The fourth-order valence-electron chi connectivity index (χ4n) is 2.92. The van der Waals surface area contributed by atoms with E-state index >= 15 is 0 Å². The van der Waals surface area contributed by atoms with E-state index in [-0.39, 0.29) is 21.8 Å². The van der Waals surface area contributed by atoms with E-state index in [2.05, 4.69) is 28.1 Å². The van der Waals surface area contributed by atoms with Gasteiger partial charge in [-0.1, -0.05) is 24.1 Å². The summed E-state index contributed by atoms with van der Waals surface area (Å²) >= 11 is 5.03. The van der Waals surface area contributed by atoms with Crippen LogP contribution in [0.1, 0.15) is 8.97 Å². The number of phosphoric acid groups is 3. The molecule has 36 heavy (non-hydrogen) atoms. The first-order valence-electron chi connectivity index (χ1n) is 9.90. The average Bonchev–Trinajstić information content (AvgIpc) is 3.22. The molecular formula is C13H17FN5O13P3S. The summed E-state index contributed by atoms with van der Waals surface area (Å²) < 4.78 is 80.6. The number of H-pyrrole nitrogens is 1. The summed E-state index contributed by atoms with van der Waals surface area (Å²) in [6.07, 6.45) is -5.96. The van der Waals surface area contributed by atoms with Crippen molar-refractivity contribution in [1.82, 2.24) is 19.5 Å². The van der Waals surface area contributed by atoms with Crippen molar-refractivity contribution in [2.75, 3.05) is 19.0 Å². The topological polar surface area (TPSA) is 282 Å². The average molecular weight is 597 g/mol. The summed E-state index contributed by atoms with van der Waals surface area (Å²) in [6.45, 7) is -5.04. The highest BCUT2D eigenvalue weighted by Gasteiger charge is 2.57. The van der Waals surface area contributed by atoms with Crippen LogP contribution in [0.2, 0.25) is 0 Å². The Hall–Kier alpha value is -1.65. The maximum atomic E-state index is 12.8. The van der Waals surface area contributed by atoms with Crippen LogP contribution < -0.4 is 5.73 Å². The number of nitrogens with one attached hydrogen (secondary N) is 1. The number of phosphoric ester groups is 1. The van der Waals surface area contributed by atoms with E-state index in [0.29, 0.717) is 0 Å². The first-order chi connectivity index (χ1) is 17.2. The van der Waals surface area contributed by atoms with E-state index < -0.39 is 60.7 Å². The monoisotopic (exact) mass is 597 g/mol. The maximum absolute atomic E-state index is 12.8. The van der Waals surface area contributed by atoms with Crippen molar-refractivity contribution in [2.24, 2.45) is 0 Å². The van der Waals surface area contributed by atoms with Gasteiger partial charge in [-0.25, -0.2) is 28.1 Å². The summed E-state index contributed by atoms with van der Waals surface area (Å²) in [5.41, 5.74) is 2.66. The van der Waals surface area contributed by atoms with Gasteiger partial charge >= 0.3 is 23.5 Å².